The summed E-state index contributed by atoms with van der Waals surface area (Å²) < 4.78 is 5.36. The van der Waals surface area contributed by atoms with Crippen molar-refractivity contribution in [3.05, 3.63) is 54.2 Å². The van der Waals surface area contributed by atoms with Crippen molar-refractivity contribution in [3.8, 4) is 22.6 Å². The zero-order valence-electron chi connectivity index (χ0n) is 10.5. The minimum absolute atomic E-state index is 0.356. The SMILES string of the molecule is Cc1ccc(-c2onc(N)c2-c2ccccn2)cc1. The molecule has 3 aromatic rings. The van der Waals surface area contributed by atoms with E-state index < -0.39 is 0 Å². The van der Waals surface area contributed by atoms with E-state index in [9.17, 15) is 0 Å². The monoisotopic (exact) mass is 251 g/mol. The van der Waals surface area contributed by atoms with E-state index in [1.165, 1.54) is 5.56 Å². The Labute approximate surface area is 110 Å². The maximum atomic E-state index is 5.90. The van der Waals surface area contributed by atoms with Crippen LogP contribution >= 0.6 is 0 Å². The standard InChI is InChI=1S/C15H13N3O/c1-10-5-7-11(8-6-10)14-13(15(16)18-19-14)12-4-2-3-9-17-12/h2-9H,1H3,(H2,16,18). The molecule has 0 radical (unpaired) electrons. The van der Waals surface area contributed by atoms with E-state index in [0.717, 1.165) is 16.8 Å². The van der Waals surface area contributed by atoms with Gasteiger partial charge in [-0.25, -0.2) is 0 Å². The Morgan fingerprint density at radius 2 is 1.84 bits per heavy atom. The molecule has 0 saturated carbocycles. The molecule has 2 aromatic heterocycles. The molecule has 1 aromatic carbocycles. The largest absolute Gasteiger partial charge is 0.380 e. The van der Waals surface area contributed by atoms with Crippen molar-refractivity contribution in [1.29, 1.82) is 0 Å². The van der Waals surface area contributed by atoms with Gasteiger partial charge in [0.15, 0.2) is 11.6 Å². The topological polar surface area (TPSA) is 64.9 Å². The third kappa shape index (κ3) is 2.08. The maximum Gasteiger partial charge on any atom is 0.178 e. The lowest BCUT2D eigenvalue weighted by molar-refractivity contribution is 0.436. The molecule has 2 heterocycles. The summed E-state index contributed by atoms with van der Waals surface area (Å²) in [6, 6.07) is 13.7. The summed E-state index contributed by atoms with van der Waals surface area (Å²) in [6.45, 7) is 2.04. The molecule has 94 valence electrons. The van der Waals surface area contributed by atoms with Crippen molar-refractivity contribution in [1.82, 2.24) is 10.1 Å². The van der Waals surface area contributed by atoms with Gasteiger partial charge in [0, 0.05) is 11.8 Å². The third-order valence-corrected chi connectivity index (χ3v) is 2.95. The fraction of sp³-hybridized carbons (Fsp3) is 0.0667. The number of hydrogen-bond donors (Lipinski definition) is 1. The van der Waals surface area contributed by atoms with Crippen molar-refractivity contribution in [2.24, 2.45) is 0 Å². The van der Waals surface area contributed by atoms with Crippen LogP contribution in [0.1, 0.15) is 5.56 Å². The summed E-state index contributed by atoms with van der Waals surface area (Å²) in [5.41, 5.74) is 9.53. The highest BCUT2D eigenvalue weighted by Crippen LogP contribution is 2.35. The van der Waals surface area contributed by atoms with E-state index in [4.69, 9.17) is 10.3 Å². The van der Waals surface area contributed by atoms with Crippen LogP contribution in [0.3, 0.4) is 0 Å². The first kappa shape index (κ1) is 11.5. The van der Waals surface area contributed by atoms with Gasteiger partial charge in [0.2, 0.25) is 0 Å². The molecular formula is C15H13N3O. The molecule has 19 heavy (non-hydrogen) atoms. The molecule has 2 N–H and O–H groups in total. The maximum absolute atomic E-state index is 5.90. The molecular weight excluding hydrogens is 238 g/mol. The minimum atomic E-state index is 0.356. The summed E-state index contributed by atoms with van der Waals surface area (Å²) in [6.07, 6.45) is 1.72. The molecule has 0 saturated heterocycles. The van der Waals surface area contributed by atoms with Gasteiger partial charge in [-0.1, -0.05) is 41.1 Å². The predicted molar refractivity (Wildman–Crippen MR) is 74.3 cm³/mol. The fourth-order valence-electron chi connectivity index (χ4n) is 1.96. The van der Waals surface area contributed by atoms with Crippen LogP contribution in [0.25, 0.3) is 22.6 Å². The summed E-state index contributed by atoms with van der Waals surface area (Å²) >= 11 is 0. The van der Waals surface area contributed by atoms with E-state index >= 15 is 0 Å². The lowest BCUT2D eigenvalue weighted by atomic mass is 10.0. The number of nitrogens with zero attached hydrogens (tertiary/aromatic N) is 2. The minimum Gasteiger partial charge on any atom is -0.380 e. The molecule has 0 fully saturated rings. The second kappa shape index (κ2) is 4.57. The highest BCUT2D eigenvalue weighted by molar-refractivity contribution is 5.84. The second-order valence-electron chi connectivity index (χ2n) is 4.35. The number of nitrogens with two attached hydrogens (primary N) is 1. The molecule has 0 aliphatic rings. The Kier molecular flexibility index (Phi) is 2.76. The molecule has 0 aliphatic heterocycles. The van der Waals surface area contributed by atoms with Gasteiger partial charge < -0.3 is 10.3 Å². The number of benzene rings is 1. The Morgan fingerprint density at radius 1 is 1.05 bits per heavy atom. The number of anilines is 1. The molecule has 4 heteroatoms. The zero-order valence-corrected chi connectivity index (χ0v) is 10.5. The third-order valence-electron chi connectivity index (χ3n) is 2.95. The van der Waals surface area contributed by atoms with Crippen LogP contribution in [0.5, 0.6) is 0 Å². The summed E-state index contributed by atoms with van der Waals surface area (Å²) in [4.78, 5) is 4.31. The number of aryl methyl sites for hydroxylation is 1. The van der Waals surface area contributed by atoms with Crippen LogP contribution in [0.15, 0.2) is 53.2 Å². The average Bonchev–Trinajstić information content (AvgIpc) is 2.82. The van der Waals surface area contributed by atoms with Gasteiger partial charge in [-0.3, -0.25) is 4.98 Å². The van der Waals surface area contributed by atoms with E-state index in [1.54, 1.807) is 6.20 Å². The van der Waals surface area contributed by atoms with Gasteiger partial charge in [0.25, 0.3) is 0 Å². The summed E-state index contributed by atoms with van der Waals surface area (Å²) in [7, 11) is 0. The first-order valence-corrected chi connectivity index (χ1v) is 5.99. The van der Waals surface area contributed by atoms with E-state index in [1.807, 2.05) is 49.4 Å². The van der Waals surface area contributed by atoms with E-state index in [2.05, 4.69) is 10.1 Å². The lowest BCUT2D eigenvalue weighted by Gasteiger charge is -2.02. The number of pyridine rings is 1. The fourth-order valence-corrected chi connectivity index (χ4v) is 1.96. The normalized spacial score (nSPS) is 10.6. The molecule has 0 spiro atoms. The van der Waals surface area contributed by atoms with Crippen LogP contribution in [0.2, 0.25) is 0 Å². The summed E-state index contributed by atoms with van der Waals surface area (Å²) in [5, 5.41) is 3.85. The summed E-state index contributed by atoms with van der Waals surface area (Å²) in [5.74, 6) is 1.01. The molecule has 3 rings (SSSR count). The lowest BCUT2D eigenvalue weighted by Crippen LogP contribution is -1.90. The van der Waals surface area contributed by atoms with E-state index in [0.29, 0.717) is 11.6 Å². The van der Waals surface area contributed by atoms with E-state index in [-0.39, 0.29) is 0 Å². The first-order valence-electron chi connectivity index (χ1n) is 5.99. The van der Waals surface area contributed by atoms with Gasteiger partial charge in [-0.15, -0.1) is 0 Å². The zero-order chi connectivity index (χ0) is 13.2. The Balaban J connectivity index is 2.16. The van der Waals surface area contributed by atoms with Crippen LogP contribution in [0, 0.1) is 6.92 Å². The Bertz CT molecular complexity index is 687. The molecule has 0 aliphatic carbocycles. The highest BCUT2D eigenvalue weighted by Gasteiger charge is 2.18. The second-order valence-corrected chi connectivity index (χ2v) is 4.35. The smallest absolute Gasteiger partial charge is 0.178 e. The van der Waals surface area contributed by atoms with Crippen molar-refractivity contribution >= 4 is 5.82 Å². The molecule has 0 amide bonds. The highest BCUT2D eigenvalue weighted by atomic mass is 16.5. The van der Waals surface area contributed by atoms with Crippen LogP contribution < -0.4 is 5.73 Å². The number of nitrogen functional groups attached to an aromatic ring is 1. The van der Waals surface area contributed by atoms with Crippen molar-refractivity contribution in [2.75, 3.05) is 5.73 Å². The van der Waals surface area contributed by atoms with Gasteiger partial charge >= 0.3 is 0 Å². The molecule has 0 bridgehead atoms. The molecule has 0 unspecified atom stereocenters. The van der Waals surface area contributed by atoms with Crippen LogP contribution in [-0.4, -0.2) is 10.1 Å². The van der Waals surface area contributed by atoms with Crippen LogP contribution in [0.4, 0.5) is 5.82 Å². The average molecular weight is 251 g/mol. The quantitative estimate of drug-likeness (QED) is 0.759. The van der Waals surface area contributed by atoms with Gasteiger partial charge in [0.1, 0.15) is 0 Å². The number of aromatic nitrogens is 2. The van der Waals surface area contributed by atoms with Crippen LogP contribution in [-0.2, 0) is 0 Å². The van der Waals surface area contributed by atoms with Crippen molar-refractivity contribution in [2.45, 2.75) is 6.92 Å². The Hall–Kier alpha value is -2.62. The molecule has 4 nitrogen and oxygen atoms in total. The van der Waals surface area contributed by atoms with Gasteiger partial charge in [-0.05, 0) is 19.1 Å². The number of hydrogen-bond acceptors (Lipinski definition) is 4. The van der Waals surface area contributed by atoms with Gasteiger partial charge in [-0.2, -0.15) is 0 Å². The van der Waals surface area contributed by atoms with Crippen molar-refractivity contribution < 1.29 is 4.52 Å². The Morgan fingerprint density at radius 3 is 2.53 bits per heavy atom. The predicted octanol–water partition coefficient (Wildman–Crippen LogP) is 3.29. The van der Waals surface area contributed by atoms with Crippen molar-refractivity contribution in [3.63, 3.8) is 0 Å². The van der Waals surface area contributed by atoms with Gasteiger partial charge in [0.05, 0.1) is 11.3 Å². The first-order chi connectivity index (χ1) is 9.25. The molecule has 0 atom stereocenters. The number of rotatable bonds is 2.